The van der Waals surface area contributed by atoms with E-state index < -0.39 is 0 Å². The van der Waals surface area contributed by atoms with Gasteiger partial charge in [0.1, 0.15) is 12.1 Å². The van der Waals surface area contributed by atoms with Gasteiger partial charge < -0.3 is 9.64 Å². The standard InChI is InChI=1S/C19H21N5O/c1-2-5-15(6-3-1)16-13-17(24-18(22-16)20-14-21-24)23-10-4-7-19(8-11-23)9-12-25-19/h1-3,5-6,13-14H,4,7-12H2. The fourth-order valence-electron chi connectivity index (χ4n) is 3.96. The number of rotatable bonds is 2. The lowest BCUT2D eigenvalue weighted by molar-refractivity contribution is -0.152. The fourth-order valence-corrected chi connectivity index (χ4v) is 3.96. The molecule has 2 fully saturated rings. The highest BCUT2D eigenvalue weighted by Crippen LogP contribution is 2.37. The van der Waals surface area contributed by atoms with Crippen molar-refractivity contribution in [2.45, 2.75) is 31.3 Å². The molecule has 0 amide bonds. The van der Waals surface area contributed by atoms with E-state index in [0.717, 1.165) is 56.0 Å². The molecule has 1 unspecified atom stereocenters. The molecule has 5 rings (SSSR count). The zero-order valence-corrected chi connectivity index (χ0v) is 14.1. The largest absolute Gasteiger partial charge is 0.375 e. The van der Waals surface area contributed by atoms with E-state index in [2.05, 4.69) is 38.2 Å². The second-order valence-electron chi connectivity index (χ2n) is 6.96. The number of aromatic nitrogens is 4. The third kappa shape index (κ3) is 2.57. The Morgan fingerprint density at radius 1 is 1.04 bits per heavy atom. The van der Waals surface area contributed by atoms with Crippen molar-refractivity contribution < 1.29 is 4.74 Å². The van der Waals surface area contributed by atoms with E-state index in [1.807, 2.05) is 22.7 Å². The van der Waals surface area contributed by atoms with Gasteiger partial charge in [-0.3, -0.25) is 0 Å². The van der Waals surface area contributed by atoms with Crippen LogP contribution in [0.2, 0.25) is 0 Å². The highest BCUT2D eigenvalue weighted by molar-refractivity contribution is 5.65. The molecule has 3 aromatic rings. The number of ether oxygens (including phenoxy) is 1. The maximum absolute atomic E-state index is 5.92. The fraction of sp³-hybridized carbons (Fsp3) is 0.421. The Kier molecular flexibility index (Phi) is 3.45. The molecular weight excluding hydrogens is 314 g/mol. The number of fused-ring (bicyclic) bond motifs is 1. The minimum Gasteiger partial charge on any atom is -0.375 e. The topological polar surface area (TPSA) is 55.6 Å². The van der Waals surface area contributed by atoms with Crippen molar-refractivity contribution in [1.82, 2.24) is 19.6 Å². The van der Waals surface area contributed by atoms with Gasteiger partial charge in [-0.1, -0.05) is 30.3 Å². The summed E-state index contributed by atoms with van der Waals surface area (Å²) in [6, 6.07) is 12.4. The Morgan fingerprint density at radius 3 is 2.72 bits per heavy atom. The molecule has 0 saturated carbocycles. The van der Waals surface area contributed by atoms with Gasteiger partial charge in [-0.2, -0.15) is 14.6 Å². The summed E-state index contributed by atoms with van der Waals surface area (Å²) in [5, 5.41) is 4.40. The average Bonchev–Trinajstić information content (AvgIpc) is 2.98. The lowest BCUT2D eigenvalue weighted by atomic mass is 9.87. The minimum atomic E-state index is 0.130. The number of benzene rings is 1. The lowest BCUT2D eigenvalue weighted by Crippen LogP contribution is -2.44. The van der Waals surface area contributed by atoms with Crippen LogP contribution in [0.15, 0.2) is 42.7 Å². The Labute approximate surface area is 146 Å². The molecule has 4 heterocycles. The summed E-state index contributed by atoms with van der Waals surface area (Å²) in [4.78, 5) is 11.4. The van der Waals surface area contributed by atoms with Gasteiger partial charge in [0.15, 0.2) is 0 Å². The molecule has 6 nitrogen and oxygen atoms in total. The van der Waals surface area contributed by atoms with Gasteiger partial charge in [-0.05, 0) is 25.7 Å². The second-order valence-corrected chi connectivity index (χ2v) is 6.96. The Hall–Kier alpha value is -2.47. The molecule has 25 heavy (non-hydrogen) atoms. The zero-order valence-electron chi connectivity index (χ0n) is 14.1. The molecule has 6 heteroatoms. The van der Waals surface area contributed by atoms with E-state index in [1.54, 1.807) is 6.33 Å². The third-order valence-corrected chi connectivity index (χ3v) is 5.49. The molecule has 0 bridgehead atoms. The quantitative estimate of drug-likeness (QED) is 0.721. The summed E-state index contributed by atoms with van der Waals surface area (Å²) < 4.78 is 7.77. The van der Waals surface area contributed by atoms with Crippen LogP contribution >= 0.6 is 0 Å². The summed E-state index contributed by atoms with van der Waals surface area (Å²) in [5.41, 5.74) is 2.17. The van der Waals surface area contributed by atoms with Crippen LogP contribution in [0.1, 0.15) is 25.7 Å². The number of hydrogen-bond donors (Lipinski definition) is 0. The third-order valence-electron chi connectivity index (χ3n) is 5.49. The smallest absolute Gasteiger partial charge is 0.254 e. The number of anilines is 1. The van der Waals surface area contributed by atoms with Crippen LogP contribution in [0.3, 0.4) is 0 Å². The van der Waals surface area contributed by atoms with Crippen LogP contribution in [0.5, 0.6) is 0 Å². The maximum atomic E-state index is 5.92. The first kappa shape index (κ1) is 14.8. The van der Waals surface area contributed by atoms with Crippen molar-refractivity contribution in [3.05, 3.63) is 42.7 Å². The predicted octanol–water partition coefficient (Wildman–Crippen LogP) is 2.94. The highest BCUT2D eigenvalue weighted by atomic mass is 16.5. The van der Waals surface area contributed by atoms with E-state index in [9.17, 15) is 0 Å². The van der Waals surface area contributed by atoms with E-state index >= 15 is 0 Å². The van der Waals surface area contributed by atoms with Crippen LogP contribution < -0.4 is 4.90 Å². The normalized spacial score (nSPS) is 23.6. The van der Waals surface area contributed by atoms with Gasteiger partial charge in [0.05, 0.1) is 17.9 Å². The van der Waals surface area contributed by atoms with Crippen molar-refractivity contribution >= 4 is 11.6 Å². The van der Waals surface area contributed by atoms with Crippen molar-refractivity contribution in [2.24, 2.45) is 0 Å². The summed E-state index contributed by atoms with van der Waals surface area (Å²) in [5.74, 6) is 1.72. The zero-order chi connectivity index (χ0) is 16.7. The molecule has 1 spiro atoms. The maximum Gasteiger partial charge on any atom is 0.254 e. The molecule has 0 aliphatic carbocycles. The van der Waals surface area contributed by atoms with Crippen LogP contribution in [0.25, 0.3) is 17.0 Å². The van der Waals surface area contributed by atoms with Gasteiger partial charge in [-0.25, -0.2) is 4.98 Å². The molecule has 2 aliphatic rings. The highest BCUT2D eigenvalue weighted by Gasteiger charge is 2.39. The molecular formula is C19H21N5O. The minimum absolute atomic E-state index is 0.130. The van der Waals surface area contributed by atoms with Crippen LogP contribution in [-0.2, 0) is 4.74 Å². The molecule has 0 N–H and O–H groups in total. The first-order chi connectivity index (χ1) is 12.3. The molecule has 1 aromatic carbocycles. The second kappa shape index (κ2) is 5.81. The molecule has 2 aliphatic heterocycles. The van der Waals surface area contributed by atoms with Crippen LogP contribution in [0, 0.1) is 0 Å². The van der Waals surface area contributed by atoms with Gasteiger partial charge in [0.25, 0.3) is 5.78 Å². The molecule has 2 saturated heterocycles. The van der Waals surface area contributed by atoms with Crippen LogP contribution in [-0.4, -0.2) is 44.9 Å². The van der Waals surface area contributed by atoms with E-state index in [0.29, 0.717) is 5.78 Å². The summed E-state index contributed by atoms with van der Waals surface area (Å²) in [7, 11) is 0. The average molecular weight is 335 g/mol. The van der Waals surface area contributed by atoms with Crippen molar-refractivity contribution in [2.75, 3.05) is 24.6 Å². The van der Waals surface area contributed by atoms with E-state index in [4.69, 9.17) is 4.74 Å². The van der Waals surface area contributed by atoms with E-state index in [-0.39, 0.29) is 5.60 Å². The Bertz CT molecular complexity index is 887. The van der Waals surface area contributed by atoms with Crippen molar-refractivity contribution in [3.8, 4) is 11.3 Å². The summed E-state index contributed by atoms with van der Waals surface area (Å²) >= 11 is 0. The van der Waals surface area contributed by atoms with Gasteiger partial charge in [0.2, 0.25) is 0 Å². The number of nitrogens with zero attached hydrogens (tertiary/aromatic N) is 5. The Morgan fingerprint density at radius 2 is 1.92 bits per heavy atom. The van der Waals surface area contributed by atoms with Crippen molar-refractivity contribution in [3.63, 3.8) is 0 Å². The molecule has 0 radical (unpaired) electrons. The molecule has 2 aromatic heterocycles. The van der Waals surface area contributed by atoms with E-state index in [1.165, 1.54) is 6.42 Å². The monoisotopic (exact) mass is 335 g/mol. The number of hydrogen-bond acceptors (Lipinski definition) is 5. The first-order valence-corrected chi connectivity index (χ1v) is 8.98. The SMILES string of the molecule is c1ccc(-c2cc(N3CCCC4(CCO4)CC3)n3ncnc3n2)cc1. The Balaban J connectivity index is 1.54. The first-order valence-electron chi connectivity index (χ1n) is 8.98. The lowest BCUT2D eigenvalue weighted by Gasteiger charge is -2.41. The van der Waals surface area contributed by atoms with Crippen molar-refractivity contribution in [1.29, 1.82) is 0 Å². The van der Waals surface area contributed by atoms with Gasteiger partial charge in [-0.15, -0.1) is 0 Å². The molecule has 1 atom stereocenters. The van der Waals surface area contributed by atoms with Gasteiger partial charge >= 0.3 is 0 Å². The summed E-state index contributed by atoms with van der Waals surface area (Å²) in [6.07, 6.45) is 6.14. The van der Waals surface area contributed by atoms with Gasteiger partial charge in [0, 0.05) is 24.7 Å². The summed E-state index contributed by atoms with van der Waals surface area (Å²) in [6.45, 7) is 2.91. The molecule has 128 valence electrons. The van der Waals surface area contributed by atoms with Crippen LogP contribution in [0.4, 0.5) is 5.82 Å². The predicted molar refractivity (Wildman–Crippen MR) is 95.6 cm³/mol.